The largest absolute Gasteiger partial charge is 0.418 e. The third kappa shape index (κ3) is 4.23. The van der Waals surface area contributed by atoms with Crippen LogP contribution in [-0.2, 0) is 11.0 Å². The number of alkyl halides is 3. The van der Waals surface area contributed by atoms with E-state index in [0.29, 0.717) is 37.4 Å². The van der Waals surface area contributed by atoms with Crippen molar-refractivity contribution < 1.29 is 22.8 Å². The Labute approximate surface area is 176 Å². The Morgan fingerprint density at radius 1 is 1.10 bits per heavy atom. The lowest BCUT2D eigenvalue weighted by Gasteiger charge is -2.37. The fourth-order valence-electron chi connectivity index (χ4n) is 3.74. The molecule has 0 unspecified atom stereocenters. The summed E-state index contributed by atoms with van der Waals surface area (Å²) in [6.07, 6.45) is -2.84. The van der Waals surface area contributed by atoms with Gasteiger partial charge in [-0.3, -0.25) is 0 Å². The number of nitrogens with zero attached hydrogens (tertiary/aromatic N) is 2. The van der Waals surface area contributed by atoms with Crippen molar-refractivity contribution in [3.63, 3.8) is 0 Å². The summed E-state index contributed by atoms with van der Waals surface area (Å²) in [6.45, 7) is 0.729. The van der Waals surface area contributed by atoms with Crippen LogP contribution in [0.3, 0.4) is 0 Å². The van der Waals surface area contributed by atoms with Gasteiger partial charge in [0.2, 0.25) is 0 Å². The van der Waals surface area contributed by atoms with E-state index in [9.17, 15) is 18.0 Å². The van der Waals surface area contributed by atoms with Crippen molar-refractivity contribution in [2.45, 2.75) is 31.0 Å². The molecule has 2 aromatic carbocycles. The monoisotopic (exact) mass is 437 g/mol. The number of likely N-dealkylation sites (tertiary alicyclic amines) is 1. The summed E-state index contributed by atoms with van der Waals surface area (Å²) in [5, 5.41) is 7.25. The molecule has 1 fully saturated rings. The van der Waals surface area contributed by atoms with Crippen molar-refractivity contribution in [2.75, 3.05) is 18.4 Å². The number of amides is 2. The zero-order valence-electron chi connectivity index (χ0n) is 15.9. The molecule has 0 aromatic heterocycles. The molecule has 1 spiro atoms. The van der Waals surface area contributed by atoms with E-state index >= 15 is 0 Å². The van der Waals surface area contributed by atoms with E-state index in [-0.39, 0.29) is 5.69 Å². The molecule has 30 heavy (non-hydrogen) atoms. The Bertz CT molecular complexity index is 968. The SMILES string of the molecule is O=C(Nc1ccccc1C(F)(F)F)N1CCC2(CC1)CC(c1ccc(Cl)cc1)=NO2. The molecule has 2 heterocycles. The number of hydrogen-bond donors (Lipinski definition) is 1. The van der Waals surface area contributed by atoms with Crippen LogP contribution in [0.5, 0.6) is 0 Å². The maximum absolute atomic E-state index is 13.1. The fourth-order valence-corrected chi connectivity index (χ4v) is 3.86. The molecular formula is C21H19ClF3N3O2. The van der Waals surface area contributed by atoms with Gasteiger partial charge in [0.15, 0.2) is 0 Å². The van der Waals surface area contributed by atoms with Crippen molar-refractivity contribution in [1.82, 2.24) is 4.90 Å². The van der Waals surface area contributed by atoms with Crippen LogP contribution in [-0.4, -0.2) is 35.3 Å². The molecule has 4 rings (SSSR count). The summed E-state index contributed by atoms with van der Waals surface area (Å²) >= 11 is 5.92. The van der Waals surface area contributed by atoms with Gasteiger partial charge in [0.25, 0.3) is 0 Å². The quantitative estimate of drug-likeness (QED) is 0.669. The van der Waals surface area contributed by atoms with Gasteiger partial charge in [-0.15, -0.1) is 0 Å². The van der Waals surface area contributed by atoms with Gasteiger partial charge in [0.05, 0.1) is 17.0 Å². The minimum Gasteiger partial charge on any atom is -0.388 e. The van der Waals surface area contributed by atoms with E-state index in [0.717, 1.165) is 17.3 Å². The van der Waals surface area contributed by atoms with Gasteiger partial charge in [0.1, 0.15) is 5.60 Å². The number of nitrogens with one attached hydrogen (secondary N) is 1. The molecule has 1 N–H and O–H groups in total. The van der Waals surface area contributed by atoms with Gasteiger partial charge in [-0.2, -0.15) is 13.2 Å². The fraction of sp³-hybridized carbons (Fsp3) is 0.333. The van der Waals surface area contributed by atoms with Gasteiger partial charge < -0.3 is 15.1 Å². The second-order valence-electron chi connectivity index (χ2n) is 7.46. The standard InChI is InChI=1S/C21H19ClF3N3O2/c22-15-7-5-14(6-8-15)18-13-20(30-27-18)9-11-28(12-10-20)19(29)26-17-4-2-1-3-16(17)21(23,24)25/h1-8H,9-13H2,(H,26,29). The van der Waals surface area contributed by atoms with E-state index in [2.05, 4.69) is 10.5 Å². The molecule has 0 atom stereocenters. The summed E-state index contributed by atoms with van der Waals surface area (Å²) < 4.78 is 39.4. The van der Waals surface area contributed by atoms with E-state index in [4.69, 9.17) is 16.4 Å². The number of rotatable bonds is 2. The molecule has 0 aliphatic carbocycles. The number of oxime groups is 1. The second-order valence-corrected chi connectivity index (χ2v) is 7.89. The number of carbonyl (C=O) groups is 1. The lowest BCUT2D eigenvalue weighted by molar-refractivity contribution is -0.136. The highest BCUT2D eigenvalue weighted by molar-refractivity contribution is 6.30. The summed E-state index contributed by atoms with van der Waals surface area (Å²) in [5.41, 5.74) is 0.145. The summed E-state index contributed by atoms with van der Waals surface area (Å²) in [6, 6.07) is 11.7. The number of piperidine rings is 1. The van der Waals surface area contributed by atoms with Crippen LogP contribution < -0.4 is 5.32 Å². The molecule has 1 saturated heterocycles. The van der Waals surface area contributed by atoms with Crippen molar-refractivity contribution in [1.29, 1.82) is 0 Å². The zero-order chi connectivity index (χ0) is 21.4. The predicted molar refractivity (Wildman–Crippen MR) is 108 cm³/mol. The van der Waals surface area contributed by atoms with Crippen molar-refractivity contribution in [3.05, 3.63) is 64.7 Å². The first-order valence-corrected chi connectivity index (χ1v) is 9.87. The number of halogens is 4. The van der Waals surface area contributed by atoms with Gasteiger partial charge in [-0.05, 0) is 29.8 Å². The van der Waals surface area contributed by atoms with Gasteiger partial charge >= 0.3 is 12.2 Å². The Kier molecular flexibility index (Phi) is 5.36. The highest BCUT2D eigenvalue weighted by atomic mass is 35.5. The van der Waals surface area contributed by atoms with Gasteiger partial charge in [-0.25, -0.2) is 4.79 Å². The number of urea groups is 1. The van der Waals surface area contributed by atoms with Crippen LogP contribution in [0, 0.1) is 0 Å². The number of hydrogen-bond acceptors (Lipinski definition) is 3. The van der Waals surface area contributed by atoms with Crippen molar-refractivity contribution in [2.24, 2.45) is 5.16 Å². The highest BCUT2D eigenvalue weighted by Gasteiger charge is 2.43. The van der Waals surface area contributed by atoms with Crippen LogP contribution in [0.15, 0.2) is 53.7 Å². The maximum atomic E-state index is 13.1. The van der Waals surface area contributed by atoms with Crippen LogP contribution in [0.1, 0.15) is 30.4 Å². The Balaban J connectivity index is 1.36. The number of anilines is 1. The lowest BCUT2D eigenvalue weighted by atomic mass is 9.85. The maximum Gasteiger partial charge on any atom is 0.418 e. The van der Waals surface area contributed by atoms with E-state index in [1.165, 1.54) is 23.1 Å². The lowest BCUT2D eigenvalue weighted by Crippen LogP contribution is -2.48. The molecule has 9 heteroatoms. The first kappa shape index (κ1) is 20.5. The molecule has 2 amide bonds. The number of benzene rings is 2. The summed E-state index contributed by atoms with van der Waals surface area (Å²) in [5.74, 6) is 0. The number of carbonyl (C=O) groups excluding carboxylic acids is 1. The molecule has 2 aliphatic rings. The first-order chi connectivity index (χ1) is 14.3. The molecule has 2 aromatic rings. The smallest absolute Gasteiger partial charge is 0.388 e. The van der Waals surface area contributed by atoms with E-state index in [1.807, 2.05) is 12.1 Å². The third-order valence-corrected chi connectivity index (χ3v) is 5.70. The van der Waals surface area contributed by atoms with Gasteiger partial charge in [0, 0.05) is 37.4 Å². The van der Waals surface area contributed by atoms with Crippen LogP contribution >= 0.6 is 11.6 Å². The third-order valence-electron chi connectivity index (χ3n) is 5.45. The molecule has 158 valence electrons. The van der Waals surface area contributed by atoms with Crippen LogP contribution in [0.25, 0.3) is 0 Å². The summed E-state index contributed by atoms with van der Waals surface area (Å²) in [4.78, 5) is 19.8. The Hall–Kier alpha value is -2.74. The Morgan fingerprint density at radius 3 is 2.43 bits per heavy atom. The van der Waals surface area contributed by atoms with Crippen molar-refractivity contribution >= 4 is 29.0 Å². The minimum absolute atomic E-state index is 0.249. The van der Waals surface area contributed by atoms with Gasteiger partial charge in [-0.1, -0.05) is 41.0 Å². The molecule has 5 nitrogen and oxygen atoms in total. The molecule has 0 saturated carbocycles. The molecule has 2 aliphatic heterocycles. The first-order valence-electron chi connectivity index (χ1n) is 9.49. The van der Waals surface area contributed by atoms with Crippen molar-refractivity contribution in [3.8, 4) is 0 Å². The topological polar surface area (TPSA) is 53.9 Å². The van der Waals surface area contributed by atoms with E-state index < -0.39 is 23.4 Å². The second kappa shape index (κ2) is 7.83. The minimum atomic E-state index is -4.54. The molecular weight excluding hydrogens is 419 g/mol. The predicted octanol–water partition coefficient (Wildman–Crippen LogP) is 5.55. The normalized spacial score (nSPS) is 18.1. The Morgan fingerprint density at radius 2 is 1.77 bits per heavy atom. The van der Waals surface area contributed by atoms with Crippen LogP contribution in [0.4, 0.5) is 23.7 Å². The average Bonchev–Trinajstić information content (AvgIpc) is 3.12. The average molecular weight is 438 g/mol. The molecule has 0 bridgehead atoms. The molecule has 0 radical (unpaired) electrons. The summed E-state index contributed by atoms with van der Waals surface area (Å²) in [7, 11) is 0. The highest BCUT2D eigenvalue weighted by Crippen LogP contribution is 2.37. The number of para-hydroxylation sites is 1. The zero-order valence-corrected chi connectivity index (χ0v) is 16.6. The van der Waals surface area contributed by atoms with Crippen LogP contribution in [0.2, 0.25) is 5.02 Å². The van der Waals surface area contributed by atoms with E-state index in [1.54, 1.807) is 12.1 Å².